The largest absolute Gasteiger partial charge is 0.462 e. The average Bonchev–Trinajstić information content (AvgIpc) is 3.62. The van der Waals surface area contributed by atoms with Crippen molar-refractivity contribution in [2.24, 2.45) is 11.7 Å². The number of benzene rings is 2. The number of para-hydroxylation sites is 1. The minimum absolute atomic E-state index is 0.0471. The van der Waals surface area contributed by atoms with E-state index in [1.807, 2.05) is 30.3 Å². The molecule has 17 nitrogen and oxygen atoms in total. The smallest absolute Gasteiger partial charge is 0.355 e. The summed E-state index contributed by atoms with van der Waals surface area (Å²) in [6.07, 6.45) is -3.43. The predicted molar refractivity (Wildman–Crippen MR) is 235 cm³/mol. The number of methoxy groups -OCH3 is 1. The van der Waals surface area contributed by atoms with Crippen molar-refractivity contribution in [3.05, 3.63) is 87.7 Å². The summed E-state index contributed by atoms with van der Waals surface area (Å²) in [6.45, 7) is 7.20. The number of rotatable bonds is 15. The summed E-state index contributed by atoms with van der Waals surface area (Å²) in [6, 6.07) is 15.8. The number of hydrogen-bond donors (Lipinski definition) is 6. The lowest BCUT2D eigenvalue weighted by Crippen LogP contribution is -2.59. The highest BCUT2D eigenvalue weighted by atomic mass is 32.1. The highest BCUT2D eigenvalue weighted by Crippen LogP contribution is 2.41. The van der Waals surface area contributed by atoms with Crippen LogP contribution in [0.15, 0.2) is 65.5 Å². The van der Waals surface area contributed by atoms with E-state index in [0.717, 1.165) is 16.5 Å². The normalized spacial score (nSPS) is 23.4. The maximum atomic E-state index is 14.3. The molecule has 0 aliphatic carbocycles. The van der Waals surface area contributed by atoms with Gasteiger partial charge in [-0.15, -0.1) is 0 Å². The number of thiocarbonyl (C=S) groups is 1. The monoisotopic (exact) mass is 886 g/mol. The number of amides is 1. The summed E-state index contributed by atoms with van der Waals surface area (Å²) in [5, 5.41) is 30.9. The average molecular weight is 887 g/mol. The number of aromatic nitrogens is 2. The Morgan fingerprint density at radius 3 is 2.51 bits per heavy atom. The van der Waals surface area contributed by atoms with Crippen molar-refractivity contribution >= 4 is 51.8 Å². The third kappa shape index (κ3) is 9.14. The van der Waals surface area contributed by atoms with Crippen LogP contribution in [-0.4, -0.2) is 99.2 Å². The fourth-order valence-corrected chi connectivity index (χ4v) is 8.54. The maximum absolute atomic E-state index is 14.3. The zero-order chi connectivity index (χ0) is 45.2. The first-order valence-corrected chi connectivity index (χ1v) is 21.6. The Labute approximate surface area is 369 Å². The van der Waals surface area contributed by atoms with Gasteiger partial charge in [-0.05, 0) is 99.8 Å². The molecule has 8 atom stereocenters. The molecule has 0 spiro atoms. The molecule has 336 valence electrons. The topological polar surface area (TPSA) is 235 Å². The second kappa shape index (κ2) is 19.1. The van der Waals surface area contributed by atoms with E-state index in [1.54, 1.807) is 62.6 Å². The van der Waals surface area contributed by atoms with Crippen LogP contribution in [0.5, 0.6) is 5.75 Å². The molecule has 2 aromatic carbocycles. The maximum Gasteiger partial charge on any atom is 0.355 e. The molecule has 1 saturated heterocycles. The highest BCUT2D eigenvalue weighted by molar-refractivity contribution is 7.80. The summed E-state index contributed by atoms with van der Waals surface area (Å²) in [7, 11) is 1.39. The van der Waals surface area contributed by atoms with Gasteiger partial charge in [0.1, 0.15) is 42.8 Å². The van der Waals surface area contributed by atoms with E-state index in [9.17, 15) is 29.4 Å². The number of aliphatic hydroxyl groups is 2. The van der Waals surface area contributed by atoms with E-state index in [0.29, 0.717) is 48.6 Å². The van der Waals surface area contributed by atoms with Gasteiger partial charge in [-0.25, -0.2) is 14.6 Å². The third-order valence-corrected chi connectivity index (χ3v) is 12.1. The summed E-state index contributed by atoms with van der Waals surface area (Å²) < 4.78 is 30.1. The molecule has 4 aromatic rings. The van der Waals surface area contributed by atoms with Crippen molar-refractivity contribution in [3.63, 3.8) is 0 Å². The number of nitrogens with zero attached hydrogens (tertiary/aromatic N) is 2. The third-order valence-electron chi connectivity index (χ3n) is 11.9. The highest BCUT2D eigenvalue weighted by Gasteiger charge is 2.52. The summed E-state index contributed by atoms with van der Waals surface area (Å²) in [5.74, 6) is -2.37. The number of cyclic esters (lactones) is 1. The zero-order valence-corrected chi connectivity index (χ0v) is 36.6. The Bertz CT molecular complexity index is 2430. The van der Waals surface area contributed by atoms with Crippen LogP contribution in [0.4, 0.5) is 5.69 Å². The first kappa shape index (κ1) is 45.5. The Balaban J connectivity index is 1.06. The van der Waals surface area contributed by atoms with Crippen LogP contribution < -0.4 is 32.0 Å². The molecule has 7 N–H and O–H groups in total. The van der Waals surface area contributed by atoms with E-state index in [-0.39, 0.29) is 41.4 Å². The quantitative estimate of drug-likeness (QED) is 0.0504. The Kier molecular flexibility index (Phi) is 13.8. The molecular weight excluding hydrogens is 833 g/mol. The van der Waals surface area contributed by atoms with Crippen LogP contribution in [0.2, 0.25) is 0 Å². The van der Waals surface area contributed by atoms with Crippen molar-refractivity contribution in [2.45, 2.75) is 115 Å². The number of carbonyl (C=O) groups excluding carboxylic acids is 3. The number of ether oxygens (including phenoxy) is 5. The van der Waals surface area contributed by atoms with Crippen LogP contribution in [-0.2, 0) is 52.1 Å². The molecule has 0 saturated carbocycles. The van der Waals surface area contributed by atoms with Gasteiger partial charge in [0.25, 0.3) is 5.56 Å². The van der Waals surface area contributed by atoms with Gasteiger partial charge in [0.05, 0.1) is 35.1 Å². The molecule has 63 heavy (non-hydrogen) atoms. The molecule has 18 heteroatoms. The summed E-state index contributed by atoms with van der Waals surface area (Å²) in [4.78, 5) is 61.1. The van der Waals surface area contributed by atoms with Gasteiger partial charge in [-0.1, -0.05) is 39.0 Å². The van der Waals surface area contributed by atoms with E-state index < -0.39 is 72.2 Å². The van der Waals surface area contributed by atoms with Gasteiger partial charge >= 0.3 is 11.9 Å². The van der Waals surface area contributed by atoms with Gasteiger partial charge in [-0.2, -0.15) is 0 Å². The number of anilines is 1. The summed E-state index contributed by atoms with van der Waals surface area (Å²) in [5.41, 5.74) is 7.11. The lowest BCUT2D eigenvalue weighted by Gasteiger charge is -2.40. The molecule has 1 amide bonds. The Hall–Kier alpha value is -5.50. The molecule has 3 aliphatic rings. The van der Waals surface area contributed by atoms with Gasteiger partial charge in [0, 0.05) is 29.3 Å². The number of nitrogens with two attached hydrogens (primary N) is 1. The first-order valence-electron chi connectivity index (χ1n) is 21.1. The zero-order valence-electron chi connectivity index (χ0n) is 35.8. The molecule has 5 heterocycles. The number of nitrogens with one attached hydrogen (secondary N) is 3. The molecule has 1 fully saturated rings. The van der Waals surface area contributed by atoms with E-state index >= 15 is 0 Å². The number of unbranched alkanes of at least 4 members (excludes halogenated alkanes) is 1. The van der Waals surface area contributed by atoms with Crippen molar-refractivity contribution in [2.75, 3.05) is 19.0 Å². The first-order chi connectivity index (χ1) is 30.2. The van der Waals surface area contributed by atoms with Crippen molar-refractivity contribution < 1.29 is 48.3 Å². The standard InChI is InChI=1S/C45H54N6O11S/c1-6-45(30-20-33-35-26(19-25-11-7-8-12-31(25)48-35)21-51(33)40(55)29(30)22-59-43(45)57)62-41(56)34(23(2)3)50-39(54)32(13-9-10-18-46)49-44(63)47-27-14-16-28(17-15-27)61-42-37(53)38(58-5)36(52)24(4)60-42/h7-8,11-12,14-17,19-20,23-24,32,34,36-38,42,52-53H,6,9-10,13,18,21-22,46H2,1-5H3,(H,50,54)(H2,47,49,63)/t24-,32-,34+,36+,37-,38+,42+,45-/m0/s1. The fourth-order valence-electron chi connectivity index (χ4n) is 8.28. The van der Waals surface area contributed by atoms with Crippen molar-refractivity contribution in [1.82, 2.24) is 20.2 Å². The molecule has 0 radical (unpaired) electrons. The number of hydrogen-bond acceptors (Lipinski definition) is 14. The minimum atomic E-state index is -1.97. The Morgan fingerprint density at radius 2 is 1.81 bits per heavy atom. The number of carbonyl (C=O) groups is 3. The van der Waals surface area contributed by atoms with Crippen LogP contribution in [0, 0.1) is 5.92 Å². The fraction of sp³-hybridized carbons (Fsp3) is 0.467. The molecule has 3 aliphatic heterocycles. The second-order valence-corrected chi connectivity index (χ2v) is 16.8. The van der Waals surface area contributed by atoms with Crippen LogP contribution in [0.1, 0.15) is 70.1 Å². The Morgan fingerprint density at radius 1 is 1.06 bits per heavy atom. The number of pyridine rings is 2. The van der Waals surface area contributed by atoms with Crippen LogP contribution in [0.3, 0.4) is 0 Å². The van der Waals surface area contributed by atoms with Gasteiger partial charge < -0.3 is 60.1 Å². The van der Waals surface area contributed by atoms with Crippen LogP contribution >= 0.6 is 12.2 Å². The molecule has 2 aromatic heterocycles. The van der Waals surface area contributed by atoms with Crippen molar-refractivity contribution in [3.8, 4) is 17.1 Å². The summed E-state index contributed by atoms with van der Waals surface area (Å²) >= 11 is 5.61. The van der Waals surface area contributed by atoms with E-state index in [4.69, 9.17) is 46.6 Å². The SMILES string of the molecule is CC[C@@]1(OC(=O)[C@H](NC(=O)[C@H](CCCCN)NC(=S)Nc2ccc(O[C@H]3O[C@@H](C)[C@@H](O)[C@@H](OC)[C@@H]3O)cc2)C(C)C)C(=O)OCc2c1cc1n(c2=O)Cc2cc3ccccc3nc2-1. The van der Waals surface area contributed by atoms with Crippen LogP contribution in [0.25, 0.3) is 22.3 Å². The predicted octanol–water partition coefficient (Wildman–Crippen LogP) is 3.12. The lowest BCUT2D eigenvalue weighted by molar-refractivity contribution is -0.272. The van der Waals surface area contributed by atoms with Gasteiger partial charge in [0.15, 0.2) is 5.11 Å². The molecular formula is C45H54N6O11S. The molecule has 0 unspecified atom stereocenters. The number of aliphatic hydroxyl groups excluding tert-OH is 2. The second-order valence-electron chi connectivity index (χ2n) is 16.4. The number of esters is 2. The van der Waals surface area contributed by atoms with Gasteiger partial charge in [-0.3, -0.25) is 9.59 Å². The molecule has 0 bridgehead atoms. The minimum Gasteiger partial charge on any atom is -0.462 e. The van der Waals surface area contributed by atoms with Crippen molar-refractivity contribution in [1.29, 1.82) is 0 Å². The van der Waals surface area contributed by atoms with E-state index in [1.165, 1.54) is 7.11 Å². The number of fused-ring (bicyclic) bond motifs is 5. The van der Waals surface area contributed by atoms with E-state index in [2.05, 4.69) is 16.0 Å². The lowest BCUT2D eigenvalue weighted by atomic mass is 9.85. The molecule has 7 rings (SSSR count). The van der Waals surface area contributed by atoms with Gasteiger partial charge in [0.2, 0.25) is 17.8 Å².